The van der Waals surface area contributed by atoms with E-state index in [2.05, 4.69) is 29.6 Å². The number of fused-ring (bicyclic) bond motifs is 2. The molecular formula is C20H22Cl2N4O2SSi. The standard InChI is InChI=1S/C20H22Cl2N4O2SSi/c1-25-19(27)15-13(12-5-6-14-17(16(12)21)29-10-23-14)9-26(18(15)24-20(25)22)11-28-7-8-30(2,3)4/h5-6,9-10H,7-8,11H2,1-4H3. The molecule has 3 aromatic heterocycles. The molecule has 0 aliphatic rings. The van der Waals surface area contributed by atoms with E-state index in [1.165, 1.54) is 15.9 Å². The van der Waals surface area contributed by atoms with E-state index in [1.54, 1.807) is 12.6 Å². The first-order chi connectivity index (χ1) is 14.2. The average molecular weight is 481 g/mol. The summed E-state index contributed by atoms with van der Waals surface area (Å²) in [6, 6.07) is 4.86. The van der Waals surface area contributed by atoms with Gasteiger partial charge in [-0.05, 0) is 23.7 Å². The molecule has 0 spiro atoms. The first kappa shape index (κ1) is 21.5. The molecule has 0 unspecified atom stereocenters. The molecule has 3 heterocycles. The summed E-state index contributed by atoms with van der Waals surface area (Å²) in [5.41, 5.74) is 4.34. The van der Waals surface area contributed by atoms with Gasteiger partial charge >= 0.3 is 0 Å². The summed E-state index contributed by atoms with van der Waals surface area (Å²) in [4.78, 5) is 21.9. The molecular weight excluding hydrogens is 459 g/mol. The molecule has 0 atom stereocenters. The fraction of sp³-hybridized carbons (Fsp3) is 0.350. The Bertz CT molecular complexity index is 1310. The van der Waals surface area contributed by atoms with Crippen LogP contribution < -0.4 is 5.56 Å². The van der Waals surface area contributed by atoms with E-state index < -0.39 is 8.07 Å². The lowest BCUT2D eigenvalue weighted by atomic mass is 10.1. The molecule has 0 amide bonds. The summed E-state index contributed by atoms with van der Waals surface area (Å²) in [7, 11) is 0.413. The molecule has 0 aliphatic carbocycles. The summed E-state index contributed by atoms with van der Waals surface area (Å²) in [5.74, 6) is 0. The zero-order chi connectivity index (χ0) is 21.6. The van der Waals surface area contributed by atoms with Gasteiger partial charge in [0.2, 0.25) is 5.28 Å². The highest BCUT2D eigenvalue weighted by molar-refractivity contribution is 7.17. The lowest BCUT2D eigenvalue weighted by Gasteiger charge is -2.15. The Labute approximate surface area is 189 Å². The molecule has 4 aromatic rings. The summed E-state index contributed by atoms with van der Waals surface area (Å²) < 4.78 is 9.97. The maximum absolute atomic E-state index is 13.1. The van der Waals surface area contributed by atoms with Crippen LogP contribution in [-0.2, 0) is 18.5 Å². The maximum Gasteiger partial charge on any atom is 0.264 e. The molecule has 4 rings (SSSR count). The second-order valence-corrected chi connectivity index (χ2v) is 15.6. The van der Waals surface area contributed by atoms with Gasteiger partial charge in [0, 0.05) is 39.1 Å². The third kappa shape index (κ3) is 3.94. The zero-order valence-corrected chi connectivity index (χ0v) is 20.5. The second kappa shape index (κ2) is 8.09. The first-order valence-corrected chi connectivity index (χ1v) is 14.9. The third-order valence-corrected chi connectivity index (χ3v) is 8.41. The SMILES string of the molecule is Cn1c(Cl)nc2c(c(-c3ccc4ncsc4c3Cl)cn2COCC[Si](C)(C)C)c1=O. The van der Waals surface area contributed by atoms with Gasteiger partial charge in [0.15, 0.2) is 5.65 Å². The van der Waals surface area contributed by atoms with Gasteiger partial charge in [0.05, 0.1) is 26.1 Å². The van der Waals surface area contributed by atoms with E-state index in [9.17, 15) is 4.79 Å². The Balaban J connectivity index is 1.84. The molecule has 0 saturated heterocycles. The van der Waals surface area contributed by atoms with E-state index in [0.29, 0.717) is 28.2 Å². The number of thiazole rings is 1. The number of benzene rings is 1. The van der Waals surface area contributed by atoms with Crippen LogP contribution in [0.5, 0.6) is 0 Å². The van der Waals surface area contributed by atoms with Gasteiger partial charge in [-0.2, -0.15) is 0 Å². The second-order valence-electron chi connectivity index (χ2n) is 8.43. The monoisotopic (exact) mass is 480 g/mol. The van der Waals surface area contributed by atoms with Crippen LogP contribution in [0.25, 0.3) is 32.4 Å². The van der Waals surface area contributed by atoms with E-state index in [4.69, 9.17) is 27.9 Å². The van der Waals surface area contributed by atoms with E-state index in [0.717, 1.165) is 21.8 Å². The topological polar surface area (TPSA) is 61.9 Å². The van der Waals surface area contributed by atoms with Crippen LogP contribution in [-0.4, -0.2) is 33.8 Å². The van der Waals surface area contributed by atoms with Crippen molar-refractivity contribution in [3.8, 4) is 11.1 Å². The molecule has 158 valence electrons. The van der Waals surface area contributed by atoms with Crippen molar-refractivity contribution in [2.24, 2.45) is 7.05 Å². The Morgan fingerprint density at radius 2 is 1.97 bits per heavy atom. The zero-order valence-electron chi connectivity index (χ0n) is 17.2. The van der Waals surface area contributed by atoms with E-state index in [1.807, 2.05) is 22.9 Å². The van der Waals surface area contributed by atoms with Gasteiger partial charge in [0.25, 0.3) is 5.56 Å². The predicted molar refractivity (Wildman–Crippen MR) is 128 cm³/mol. The smallest absolute Gasteiger partial charge is 0.264 e. The summed E-state index contributed by atoms with van der Waals surface area (Å²) in [5, 5.41) is 1.18. The summed E-state index contributed by atoms with van der Waals surface area (Å²) in [6.45, 7) is 7.88. The van der Waals surface area contributed by atoms with Crippen molar-refractivity contribution in [2.75, 3.05) is 6.61 Å². The van der Waals surface area contributed by atoms with Crippen molar-refractivity contribution in [1.82, 2.24) is 19.1 Å². The number of aromatic nitrogens is 4. The number of halogens is 2. The van der Waals surface area contributed by atoms with Crippen molar-refractivity contribution in [1.29, 1.82) is 0 Å². The number of hydrogen-bond acceptors (Lipinski definition) is 5. The molecule has 6 nitrogen and oxygen atoms in total. The van der Waals surface area contributed by atoms with Crippen molar-refractivity contribution >= 4 is 63.9 Å². The van der Waals surface area contributed by atoms with E-state index >= 15 is 0 Å². The summed E-state index contributed by atoms with van der Waals surface area (Å²) in [6.07, 6.45) is 1.87. The largest absolute Gasteiger partial charge is 0.361 e. The molecule has 10 heteroatoms. The van der Waals surface area contributed by atoms with Gasteiger partial charge in [-0.3, -0.25) is 9.36 Å². The molecule has 0 aliphatic heterocycles. The van der Waals surface area contributed by atoms with Crippen molar-refractivity contribution in [2.45, 2.75) is 32.4 Å². The van der Waals surface area contributed by atoms with Crippen molar-refractivity contribution < 1.29 is 4.74 Å². The Morgan fingerprint density at radius 3 is 2.70 bits per heavy atom. The molecule has 0 N–H and O–H groups in total. The maximum atomic E-state index is 13.1. The fourth-order valence-corrected chi connectivity index (χ4v) is 5.27. The van der Waals surface area contributed by atoms with Gasteiger partial charge in [0.1, 0.15) is 6.73 Å². The fourth-order valence-electron chi connectivity index (χ4n) is 3.24. The van der Waals surface area contributed by atoms with Gasteiger partial charge in [-0.1, -0.05) is 37.3 Å². The molecule has 1 aromatic carbocycles. The van der Waals surface area contributed by atoms with Crippen molar-refractivity contribution in [3.05, 3.63) is 44.5 Å². The molecule has 0 bridgehead atoms. The highest BCUT2D eigenvalue weighted by atomic mass is 35.5. The van der Waals surface area contributed by atoms with Crippen LogP contribution in [0.2, 0.25) is 36.0 Å². The van der Waals surface area contributed by atoms with Crippen LogP contribution in [0.4, 0.5) is 0 Å². The van der Waals surface area contributed by atoms with Crippen LogP contribution in [0.3, 0.4) is 0 Å². The normalized spacial score (nSPS) is 12.3. The summed E-state index contributed by atoms with van der Waals surface area (Å²) >= 11 is 14.4. The first-order valence-electron chi connectivity index (χ1n) is 9.52. The van der Waals surface area contributed by atoms with Crippen LogP contribution in [0.15, 0.2) is 28.6 Å². The van der Waals surface area contributed by atoms with Crippen LogP contribution in [0, 0.1) is 0 Å². The third-order valence-electron chi connectivity index (χ3n) is 5.00. The average Bonchev–Trinajstić information content (AvgIpc) is 3.28. The van der Waals surface area contributed by atoms with Crippen LogP contribution >= 0.6 is 34.5 Å². The van der Waals surface area contributed by atoms with Gasteiger partial charge in [-0.15, -0.1) is 11.3 Å². The van der Waals surface area contributed by atoms with Crippen molar-refractivity contribution in [3.63, 3.8) is 0 Å². The highest BCUT2D eigenvalue weighted by Gasteiger charge is 2.21. The number of rotatable bonds is 6. The molecule has 0 saturated carbocycles. The number of nitrogens with zero attached hydrogens (tertiary/aromatic N) is 4. The predicted octanol–water partition coefficient (Wildman–Crippen LogP) is 5.63. The molecule has 30 heavy (non-hydrogen) atoms. The minimum Gasteiger partial charge on any atom is -0.361 e. The minimum atomic E-state index is -1.20. The Kier molecular flexibility index (Phi) is 5.80. The van der Waals surface area contributed by atoms with Crippen LogP contribution in [0.1, 0.15) is 0 Å². The number of ether oxygens (including phenoxy) is 1. The number of hydrogen-bond donors (Lipinski definition) is 0. The Morgan fingerprint density at radius 1 is 1.20 bits per heavy atom. The van der Waals surface area contributed by atoms with Gasteiger partial charge in [-0.25, -0.2) is 9.97 Å². The highest BCUT2D eigenvalue weighted by Crippen LogP contribution is 2.38. The lowest BCUT2D eigenvalue weighted by molar-refractivity contribution is 0.0899. The molecule has 0 radical (unpaired) electrons. The minimum absolute atomic E-state index is 0.129. The van der Waals surface area contributed by atoms with Gasteiger partial charge < -0.3 is 9.30 Å². The quantitative estimate of drug-likeness (QED) is 0.203. The molecule has 0 fully saturated rings. The lowest BCUT2D eigenvalue weighted by Crippen LogP contribution is -2.22. The van der Waals surface area contributed by atoms with E-state index in [-0.39, 0.29) is 17.6 Å². The Hall–Kier alpha value is -1.71.